The number of carbonyl (C=O) groups is 2. The van der Waals surface area contributed by atoms with Crippen molar-refractivity contribution in [2.24, 2.45) is 0 Å². The molecule has 0 aliphatic rings. The normalized spacial score (nSPS) is 11.5. The molecule has 0 heterocycles. The minimum atomic E-state index is -1.22. The van der Waals surface area contributed by atoms with Crippen LogP contribution in [0.15, 0.2) is 42.5 Å². The van der Waals surface area contributed by atoms with Gasteiger partial charge < -0.3 is 14.8 Å². The van der Waals surface area contributed by atoms with Crippen molar-refractivity contribution in [2.45, 2.75) is 13.0 Å². The van der Waals surface area contributed by atoms with Crippen molar-refractivity contribution in [1.29, 1.82) is 0 Å². The van der Waals surface area contributed by atoms with E-state index in [1.165, 1.54) is 13.0 Å². The minimum absolute atomic E-state index is 0.344. The molecule has 0 aliphatic heterocycles. The summed E-state index contributed by atoms with van der Waals surface area (Å²) in [6.45, 7) is 0.857. The van der Waals surface area contributed by atoms with E-state index in [0.29, 0.717) is 10.8 Å². The maximum Gasteiger partial charge on any atom is 0.344 e. The van der Waals surface area contributed by atoms with Gasteiger partial charge in [0.1, 0.15) is 17.4 Å². The van der Waals surface area contributed by atoms with Crippen molar-refractivity contribution >= 4 is 29.2 Å². The lowest BCUT2D eigenvalue weighted by Crippen LogP contribution is -2.32. The van der Waals surface area contributed by atoms with Crippen LogP contribution in [-0.2, 0) is 14.3 Å². The molecular formula is C17H14ClF2NO4. The molecule has 0 saturated carbocycles. The molecule has 2 rings (SSSR count). The van der Waals surface area contributed by atoms with Gasteiger partial charge in [-0.25, -0.2) is 13.6 Å². The molecule has 0 radical (unpaired) electrons. The molecule has 0 bridgehead atoms. The molecule has 0 fully saturated rings. The summed E-state index contributed by atoms with van der Waals surface area (Å²) in [5.41, 5.74) is -0.344. The van der Waals surface area contributed by atoms with Crippen molar-refractivity contribution in [3.05, 3.63) is 59.1 Å². The lowest BCUT2D eigenvalue weighted by molar-refractivity contribution is -0.155. The van der Waals surface area contributed by atoms with Crippen LogP contribution in [-0.4, -0.2) is 24.6 Å². The average molecular weight is 370 g/mol. The highest BCUT2D eigenvalue weighted by Gasteiger charge is 2.19. The summed E-state index contributed by atoms with van der Waals surface area (Å²) in [6.07, 6.45) is -1.22. The molecule has 0 spiro atoms. The molecule has 0 aliphatic carbocycles. The second-order valence-corrected chi connectivity index (χ2v) is 5.43. The Bertz CT molecular complexity index is 785. The topological polar surface area (TPSA) is 64.6 Å². The Morgan fingerprint density at radius 1 is 1.20 bits per heavy atom. The molecule has 2 aromatic rings. The fourth-order valence-electron chi connectivity index (χ4n) is 1.81. The number of ether oxygens (including phenoxy) is 2. The predicted octanol–water partition coefficient (Wildman–Crippen LogP) is 3.57. The van der Waals surface area contributed by atoms with Crippen LogP contribution in [0.5, 0.6) is 5.75 Å². The summed E-state index contributed by atoms with van der Waals surface area (Å²) >= 11 is 5.78. The third-order valence-electron chi connectivity index (χ3n) is 3.02. The Labute approximate surface area is 147 Å². The first kappa shape index (κ1) is 18.7. The van der Waals surface area contributed by atoms with Crippen LogP contribution in [0.4, 0.5) is 14.5 Å². The van der Waals surface area contributed by atoms with Crippen molar-refractivity contribution in [1.82, 2.24) is 0 Å². The molecular weight excluding hydrogens is 356 g/mol. The van der Waals surface area contributed by atoms with Gasteiger partial charge in [0.25, 0.3) is 5.91 Å². The van der Waals surface area contributed by atoms with E-state index in [1.807, 2.05) is 0 Å². The van der Waals surface area contributed by atoms with Crippen LogP contribution >= 0.6 is 11.6 Å². The maximum atomic E-state index is 13.5. The fraction of sp³-hybridized carbons (Fsp3) is 0.176. The maximum absolute atomic E-state index is 13.5. The zero-order valence-corrected chi connectivity index (χ0v) is 13.8. The summed E-state index contributed by atoms with van der Waals surface area (Å²) in [5.74, 6) is -2.76. The Kier molecular flexibility index (Phi) is 6.30. The van der Waals surface area contributed by atoms with Gasteiger partial charge in [-0.15, -0.1) is 0 Å². The second kappa shape index (κ2) is 8.43. The van der Waals surface area contributed by atoms with Gasteiger partial charge in [0.15, 0.2) is 12.7 Å². The lowest BCUT2D eigenvalue weighted by Gasteiger charge is -2.14. The summed E-state index contributed by atoms with van der Waals surface area (Å²) in [6, 6.07) is 9.02. The first-order chi connectivity index (χ1) is 11.8. The lowest BCUT2D eigenvalue weighted by atomic mass is 10.2. The van der Waals surface area contributed by atoms with Crippen molar-refractivity contribution in [2.75, 3.05) is 11.9 Å². The number of amides is 1. The molecule has 2 aromatic carbocycles. The summed E-state index contributed by atoms with van der Waals surface area (Å²) in [4.78, 5) is 23.6. The van der Waals surface area contributed by atoms with Crippen molar-refractivity contribution in [3.63, 3.8) is 0 Å². The molecule has 1 N–H and O–H groups in total. The SMILES string of the molecule is CC(OC(=O)COc1cccc(Cl)c1)C(=O)Nc1cc(F)ccc1F. The van der Waals surface area contributed by atoms with Gasteiger partial charge in [0.05, 0.1) is 5.69 Å². The van der Waals surface area contributed by atoms with E-state index in [9.17, 15) is 18.4 Å². The molecule has 8 heteroatoms. The zero-order valence-electron chi connectivity index (χ0n) is 13.1. The van der Waals surface area contributed by atoms with Crippen LogP contribution in [0.25, 0.3) is 0 Å². The Morgan fingerprint density at radius 3 is 2.68 bits per heavy atom. The summed E-state index contributed by atoms with van der Waals surface area (Å²) in [5, 5.41) is 2.59. The van der Waals surface area contributed by atoms with E-state index in [1.54, 1.807) is 18.2 Å². The summed E-state index contributed by atoms with van der Waals surface area (Å²) < 4.78 is 36.6. The number of esters is 1. The van der Waals surface area contributed by atoms with E-state index >= 15 is 0 Å². The Hall–Kier alpha value is -2.67. The van der Waals surface area contributed by atoms with E-state index in [0.717, 1.165) is 18.2 Å². The van der Waals surface area contributed by atoms with Crippen LogP contribution in [0.3, 0.4) is 0 Å². The average Bonchev–Trinajstić information content (AvgIpc) is 2.56. The van der Waals surface area contributed by atoms with Crippen LogP contribution in [0, 0.1) is 11.6 Å². The third kappa shape index (κ3) is 5.72. The zero-order chi connectivity index (χ0) is 18.4. The molecule has 132 valence electrons. The highest BCUT2D eigenvalue weighted by molar-refractivity contribution is 6.30. The molecule has 1 atom stereocenters. The number of rotatable bonds is 6. The number of carbonyl (C=O) groups excluding carboxylic acids is 2. The first-order valence-electron chi connectivity index (χ1n) is 7.19. The largest absolute Gasteiger partial charge is 0.482 e. The van der Waals surface area contributed by atoms with Crippen LogP contribution in [0.1, 0.15) is 6.92 Å². The number of halogens is 3. The van der Waals surface area contributed by atoms with E-state index in [2.05, 4.69) is 5.32 Å². The van der Waals surface area contributed by atoms with E-state index < -0.39 is 36.2 Å². The Balaban J connectivity index is 1.85. The van der Waals surface area contributed by atoms with Crippen LogP contribution in [0.2, 0.25) is 5.02 Å². The van der Waals surface area contributed by atoms with Gasteiger partial charge in [-0.1, -0.05) is 17.7 Å². The highest BCUT2D eigenvalue weighted by Crippen LogP contribution is 2.17. The number of benzene rings is 2. The number of nitrogens with one attached hydrogen (secondary N) is 1. The standard InChI is InChI=1S/C17H14ClF2NO4/c1-10(17(23)21-15-8-12(19)5-6-14(15)20)25-16(22)9-24-13-4-2-3-11(18)7-13/h2-8,10H,9H2,1H3,(H,21,23). The fourth-order valence-corrected chi connectivity index (χ4v) is 1.99. The number of hydrogen-bond donors (Lipinski definition) is 1. The minimum Gasteiger partial charge on any atom is -0.482 e. The van der Waals surface area contributed by atoms with E-state index in [-0.39, 0.29) is 5.69 Å². The van der Waals surface area contributed by atoms with Gasteiger partial charge in [0, 0.05) is 11.1 Å². The number of anilines is 1. The molecule has 1 amide bonds. The second-order valence-electron chi connectivity index (χ2n) is 4.99. The van der Waals surface area contributed by atoms with Gasteiger partial charge in [-0.05, 0) is 37.3 Å². The molecule has 5 nitrogen and oxygen atoms in total. The summed E-state index contributed by atoms with van der Waals surface area (Å²) in [7, 11) is 0. The van der Waals surface area contributed by atoms with Crippen molar-refractivity contribution in [3.8, 4) is 5.75 Å². The van der Waals surface area contributed by atoms with Crippen molar-refractivity contribution < 1.29 is 27.8 Å². The molecule has 0 saturated heterocycles. The molecule has 0 aromatic heterocycles. The first-order valence-corrected chi connectivity index (χ1v) is 7.56. The van der Waals surface area contributed by atoms with Gasteiger partial charge >= 0.3 is 5.97 Å². The number of hydrogen-bond acceptors (Lipinski definition) is 4. The smallest absolute Gasteiger partial charge is 0.344 e. The van der Waals surface area contributed by atoms with Gasteiger partial charge in [0.2, 0.25) is 0 Å². The predicted molar refractivity (Wildman–Crippen MR) is 87.5 cm³/mol. The third-order valence-corrected chi connectivity index (χ3v) is 3.25. The quantitative estimate of drug-likeness (QED) is 0.791. The van der Waals surface area contributed by atoms with E-state index in [4.69, 9.17) is 21.1 Å². The molecule has 25 heavy (non-hydrogen) atoms. The Morgan fingerprint density at radius 2 is 1.96 bits per heavy atom. The van der Waals surface area contributed by atoms with Gasteiger partial charge in [-0.2, -0.15) is 0 Å². The van der Waals surface area contributed by atoms with Crippen LogP contribution < -0.4 is 10.1 Å². The highest BCUT2D eigenvalue weighted by atomic mass is 35.5. The molecule has 1 unspecified atom stereocenters. The van der Waals surface area contributed by atoms with Gasteiger partial charge in [-0.3, -0.25) is 4.79 Å². The monoisotopic (exact) mass is 369 g/mol.